The second-order valence-electron chi connectivity index (χ2n) is 11.0. The van der Waals surface area contributed by atoms with Crippen molar-refractivity contribution < 1.29 is 8.95 Å². The van der Waals surface area contributed by atoms with Gasteiger partial charge in [0.05, 0.1) is 18.2 Å². The average Bonchev–Trinajstić information content (AvgIpc) is 3.03. The number of ether oxygens (including phenoxy) is 1. The van der Waals surface area contributed by atoms with Crippen molar-refractivity contribution in [2.24, 2.45) is 11.4 Å². The van der Waals surface area contributed by atoms with E-state index >= 15 is 0 Å². The van der Waals surface area contributed by atoms with Crippen molar-refractivity contribution in [2.45, 2.75) is 51.2 Å². The zero-order valence-electron chi connectivity index (χ0n) is 22.3. The summed E-state index contributed by atoms with van der Waals surface area (Å²) in [5.41, 5.74) is 1.61. The second kappa shape index (κ2) is 8.63. The van der Waals surface area contributed by atoms with Crippen LogP contribution in [-0.4, -0.2) is 54.5 Å². The third-order valence-electron chi connectivity index (χ3n) is 7.15. The number of nitrogens with one attached hydrogen (secondary N) is 1. The predicted octanol–water partition coefficient (Wildman–Crippen LogP) is 3.96. The summed E-state index contributed by atoms with van der Waals surface area (Å²) in [6, 6.07) is 8.97. The maximum atomic E-state index is 12.3. The first-order valence-corrected chi connectivity index (χ1v) is 14.5. The highest BCUT2D eigenvalue weighted by Crippen LogP contribution is 2.53. The topological polar surface area (TPSA) is 115 Å². The molecule has 5 heterocycles. The fraction of sp³-hybridized carbons (Fsp3) is 0.462. The number of fused-ring (bicyclic) bond motifs is 3. The van der Waals surface area contributed by atoms with Crippen LogP contribution < -0.4 is 15.8 Å². The minimum atomic E-state index is -2.37. The molecule has 0 aliphatic carbocycles. The highest BCUT2D eigenvalue weighted by molar-refractivity contribution is 7.92. The van der Waals surface area contributed by atoms with Gasteiger partial charge in [0.1, 0.15) is 11.6 Å². The molecule has 3 aromatic heterocycles. The third-order valence-corrected chi connectivity index (χ3v) is 7.77. The van der Waals surface area contributed by atoms with Crippen molar-refractivity contribution in [3.05, 3.63) is 58.1 Å². The van der Waals surface area contributed by atoms with Crippen LogP contribution in [0.2, 0.25) is 0 Å². The SMILES string of the molecule is Cc1cc(Nc2ncc3c(n2)N(c2cccc(N=S(C)(C)=O)n2)[C@@H]2CC(C)(C)OC[C@]32C)cc(=O)n1C. The Balaban J connectivity index is 1.63. The van der Waals surface area contributed by atoms with Gasteiger partial charge in [-0.25, -0.2) is 14.2 Å². The quantitative estimate of drug-likeness (QED) is 0.547. The van der Waals surface area contributed by atoms with Crippen LogP contribution in [-0.2, 0) is 26.9 Å². The van der Waals surface area contributed by atoms with Gasteiger partial charge in [-0.2, -0.15) is 9.35 Å². The van der Waals surface area contributed by atoms with Gasteiger partial charge < -0.3 is 19.5 Å². The summed E-state index contributed by atoms with van der Waals surface area (Å²) >= 11 is 0. The molecule has 11 heteroatoms. The molecule has 3 aromatic rings. The number of aryl methyl sites for hydroxylation is 1. The number of hydrogen-bond acceptors (Lipinski definition) is 9. The van der Waals surface area contributed by atoms with Crippen LogP contribution in [0.4, 0.5) is 29.1 Å². The summed E-state index contributed by atoms with van der Waals surface area (Å²) < 4.78 is 24.5. The van der Waals surface area contributed by atoms with E-state index in [4.69, 9.17) is 14.7 Å². The van der Waals surface area contributed by atoms with Crippen molar-refractivity contribution in [2.75, 3.05) is 29.3 Å². The van der Waals surface area contributed by atoms with E-state index in [9.17, 15) is 9.00 Å². The fourth-order valence-electron chi connectivity index (χ4n) is 5.05. The summed E-state index contributed by atoms with van der Waals surface area (Å²) in [4.78, 5) is 28.7. The summed E-state index contributed by atoms with van der Waals surface area (Å²) in [5, 5.41) is 3.20. The first-order valence-electron chi connectivity index (χ1n) is 12.2. The Morgan fingerprint density at radius 2 is 1.95 bits per heavy atom. The van der Waals surface area contributed by atoms with E-state index in [0.717, 1.165) is 23.5 Å². The van der Waals surface area contributed by atoms with Crippen LogP contribution in [0.25, 0.3) is 0 Å². The Bertz CT molecular complexity index is 1570. The Labute approximate surface area is 217 Å². The van der Waals surface area contributed by atoms with Gasteiger partial charge in [-0.15, -0.1) is 0 Å². The molecular weight excluding hydrogens is 490 g/mol. The molecule has 196 valence electrons. The van der Waals surface area contributed by atoms with Crippen LogP contribution in [0.15, 0.2) is 45.7 Å². The van der Waals surface area contributed by atoms with Crippen LogP contribution in [0.1, 0.15) is 38.4 Å². The molecule has 1 fully saturated rings. The highest BCUT2D eigenvalue weighted by Gasteiger charge is 2.55. The summed E-state index contributed by atoms with van der Waals surface area (Å²) in [5.74, 6) is 2.19. The molecule has 0 bridgehead atoms. The molecule has 2 aliphatic heterocycles. The molecule has 0 unspecified atom stereocenters. The lowest BCUT2D eigenvalue weighted by Gasteiger charge is -2.46. The zero-order chi connectivity index (χ0) is 26.8. The van der Waals surface area contributed by atoms with Crippen molar-refractivity contribution in [1.82, 2.24) is 19.5 Å². The van der Waals surface area contributed by atoms with E-state index in [1.165, 1.54) is 6.07 Å². The molecule has 0 aromatic carbocycles. The molecule has 1 saturated heterocycles. The fourth-order valence-corrected chi connectivity index (χ4v) is 5.60. The maximum Gasteiger partial charge on any atom is 0.252 e. The number of nitrogens with zero attached hydrogens (tertiary/aromatic N) is 6. The maximum absolute atomic E-state index is 12.3. The molecule has 1 N–H and O–H groups in total. The standard InChI is InChI=1S/C26H33N7O3S/c1-16-11-17(12-22(34)32(16)5)28-24-27-14-18-23(30-24)33(19-13-25(2,3)36-15-26(18,19)4)21-10-8-9-20(29-21)31-37(6,7)35/h8-12,14,19H,13,15H2,1-7H3,(H,27,28,30)/t19-,26-/m1/s1. The van der Waals surface area contributed by atoms with Gasteiger partial charge >= 0.3 is 0 Å². The molecule has 0 radical (unpaired) electrons. The van der Waals surface area contributed by atoms with E-state index in [-0.39, 0.29) is 22.6 Å². The van der Waals surface area contributed by atoms with Crippen LogP contribution in [0, 0.1) is 6.92 Å². The van der Waals surface area contributed by atoms with Gasteiger partial charge in [-0.1, -0.05) is 13.0 Å². The van der Waals surface area contributed by atoms with Crippen LogP contribution >= 0.6 is 0 Å². The molecule has 5 rings (SSSR count). The lowest BCUT2D eigenvalue weighted by Crippen LogP contribution is -2.54. The Hall–Kier alpha value is -3.31. The molecule has 0 spiro atoms. The molecule has 37 heavy (non-hydrogen) atoms. The normalized spacial score (nSPS) is 22.4. The lowest BCUT2D eigenvalue weighted by molar-refractivity contribution is -0.0893. The summed E-state index contributed by atoms with van der Waals surface area (Å²) in [6.07, 6.45) is 5.77. The lowest BCUT2D eigenvalue weighted by atomic mass is 9.73. The monoisotopic (exact) mass is 523 g/mol. The van der Waals surface area contributed by atoms with Gasteiger partial charge in [0.25, 0.3) is 5.56 Å². The van der Waals surface area contributed by atoms with E-state index in [1.54, 1.807) is 30.2 Å². The number of hydrogen-bond donors (Lipinski definition) is 1. The zero-order valence-corrected chi connectivity index (χ0v) is 23.1. The second-order valence-corrected chi connectivity index (χ2v) is 13.6. The Morgan fingerprint density at radius 3 is 2.65 bits per heavy atom. The van der Waals surface area contributed by atoms with E-state index in [0.29, 0.717) is 29.9 Å². The number of rotatable bonds is 4. The number of aromatic nitrogens is 4. The number of anilines is 4. The van der Waals surface area contributed by atoms with E-state index in [2.05, 4.69) is 40.3 Å². The molecule has 0 amide bonds. The average molecular weight is 524 g/mol. The van der Waals surface area contributed by atoms with E-state index in [1.807, 2.05) is 31.3 Å². The van der Waals surface area contributed by atoms with Crippen molar-refractivity contribution in [1.29, 1.82) is 0 Å². The van der Waals surface area contributed by atoms with Gasteiger partial charge in [0, 0.05) is 63.9 Å². The first kappa shape index (κ1) is 25.3. The van der Waals surface area contributed by atoms with E-state index < -0.39 is 9.73 Å². The first-order chi connectivity index (χ1) is 17.3. The van der Waals surface area contributed by atoms with Gasteiger partial charge in [-0.05, 0) is 45.4 Å². The third kappa shape index (κ3) is 4.73. The number of pyridine rings is 2. The van der Waals surface area contributed by atoms with Crippen LogP contribution in [0.5, 0.6) is 0 Å². The largest absolute Gasteiger partial charge is 0.374 e. The van der Waals surface area contributed by atoms with Crippen molar-refractivity contribution >= 4 is 38.8 Å². The predicted molar refractivity (Wildman–Crippen MR) is 146 cm³/mol. The molecule has 2 atom stereocenters. The minimum Gasteiger partial charge on any atom is -0.374 e. The minimum absolute atomic E-state index is 0.0115. The summed E-state index contributed by atoms with van der Waals surface area (Å²) in [7, 11) is -0.636. The summed E-state index contributed by atoms with van der Waals surface area (Å²) in [6.45, 7) is 8.74. The smallest absolute Gasteiger partial charge is 0.252 e. The van der Waals surface area contributed by atoms with Gasteiger partial charge in [-0.3, -0.25) is 4.79 Å². The van der Waals surface area contributed by atoms with Gasteiger partial charge in [0.15, 0.2) is 5.82 Å². The molecule has 10 nitrogen and oxygen atoms in total. The van der Waals surface area contributed by atoms with Crippen molar-refractivity contribution in [3.8, 4) is 0 Å². The van der Waals surface area contributed by atoms with Gasteiger partial charge in [0.2, 0.25) is 5.95 Å². The molecular formula is C26H33N7O3S. The highest BCUT2D eigenvalue weighted by atomic mass is 32.2. The van der Waals surface area contributed by atoms with Crippen molar-refractivity contribution in [3.63, 3.8) is 0 Å². The van der Waals surface area contributed by atoms with Crippen LogP contribution in [0.3, 0.4) is 0 Å². The molecule has 2 aliphatic rings. The Morgan fingerprint density at radius 1 is 1.19 bits per heavy atom. The Kier molecular flexibility index (Phi) is 5.91. The molecule has 0 saturated carbocycles.